The van der Waals surface area contributed by atoms with Gasteiger partial charge in [-0.15, -0.1) is 0 Å². The fraction of sp³-hybridized carbons (Fsp3) is 0.0625. The van der Waals surface area contributed by atoms with Gasteiger partial charge in [-0.25, -0.2) is 4.42 Å². The number of ether oxygens (including phenoxy) is 1. The van der Waals surface area contributed by atoms with Gasteiger partial charge in [0, 0.05) is 24.3 Å². The van der Waals surface area contributed by atoms with Gasteiger partial charge in [0.05, 0.1) is 23.0 Å². The zero-order chi connectivity index (χ0) is 14.8. The van der Waals surface area contributed by atoms with Gasteiger partial charge in [0.15, 0.2) is 0 Å². The second-order valence-corrected chi connectivity index (χ2v) is 4.51. The quantitative estimate of drug-likeness (QED) is 0.408. The van der Waals surface area contributed by atoms with E-state index in [1.807, 2.05) is 30.3 Å². The Morgan fingerprint density at radius 1 is 1.05 bits per heavy atom. The summed E-state index contributed by atoms with van der Waals surface area (Å²) >= 11 is 0. The predicted molar refractivity (Wildman–Crippen MR) is 79.3 cm³/mol. The second-order valence-electron chi connectivity index (χ2n) is 4.51. The van der Waals surface area contributed by atoms with Crippen molar-refractivity contribution in [2.24, 2.45) is 0 Å². The number of nitro groups is 1. The van der Waals surface area contributed by atoms with Gasteiger partial charge in [0.2, 0.25) is 0 Å². The lowest BCUT2D eigenvalue weighted by atomic mass is 10.1. The molecule has 3 aromatic rings. The molecule has 5 nitrogen and oxygen atoms in total. The molecule has 3 rings (SSSR count). The van der Waals surface area contributed by atoms with Crippen LogP contribution in [0.1, 0.15) is 0 Å². The minimum absolute atomic E-state index is 0.0595. The molecule has 0 unspecified atom stereocenters. The smallest absolute Gasteiger partial charge is 0.361 e. The number of methoxy groups -OCH3 is 1. The Labute approximate surface area is 120 Å². The third kappa shape index (κ3) is 2.53. The maximum absolute atomic E-state index is 10.7. The zero-order valence-corrected chi connectivity index (χ0v) is 11.3. The highest BCUT2D eigenvalue weighted by molar-refractivity contribution is 5.80. The van der Waals surface area contributed by atoms with Crippen molar-refractivity contribution in [3.8, 4) is 17.1 Å². The fourth-order valence-electron chi connectivity index (χ4n) is 2.10. The molecule has 5 heteroatoms. The number of nitrogens with zero attached hydrogens (tertiary/aromatic N) is 1. The molecule has 0 aliphatic rings. The molecule has 21 heavy (non-hydrogen) atoms. The highest BCUT2D eigenvalue weighted by atomic mass is 16.6. The van der Waals surface area contributed by atoms with Crippen LogP contribution in [0.2, 0.25) is 0 Å². The topological polar surface area (TPSA) is 63.7 Å². The average Bonchev–Trinajstić information content (AvgIpc) is 2.54. The lowest BCUT2D eigenvalue weighted by molar-refractivity contribution is -0.384. The van der Waals surface area contributed by atoms with Crippen molar-refractivity contribution in [1.82, 2.24) is 0 Å². The number of benzene rings is 2. The van der Waals surface area contributed by atoms with E-state index in [4.69, 9.17) is 9.15 Å². The summed E-state index contributed by atoms with van der Waals surface area (Å²) in [5, 5.41) is 11.6. The van der Waals surface area contributed by atoms with Crippen molar-refractivity contribution < 1.29 is 14.1 Å². The SMILES string of the molecule is COc1ccc2[o+]c(-c3ccc([N+](=O)[O-])cc3)ccc2c1. The Hall–Kier alpha value is -2.95. The van der Waals surface area contributed by atoms with Crippen LogP contribution in [0.4, 0.5) is 5.69 Å². The molecule has 0 N–H and O–H groups in total. The molecule has 1 heterocycles. The zero-order valence-electron chi connectivity index (χ0n) is 11.3. The molecule has 0 aliphatic carbocycles. The first-order valence-electron chi connectivity index (χ1n) is 6.33. The van der Waals surface area contributed by atoms with E-state index in [-0.39, 0.29) is 5.69 Å². The first-order chi connectivity index (χ1) is 10.2. The molecule has 2 aromatic carbocycles. The molecule has 104 valence electrons. The molecule has 0 spiro atoms. The maximum atomic E-state index is 10.7. The summed E-state index contributed by atoms with van der Waals surface area (Å²) in [6.45, 7) is 0. The van der Waals surface area contributed by atoms with Gasteiger partial charge < -0.3 is 4.74 Å². The third-order valence-corrected chi connectivity index (χ3v) is 3.21. The Kier molecular flexibility index (Phi) is 3.23. The summed E-state index contributed by atoms with van der Waals surface area (Å²) in [6, 6.07) is 15.6. The molecule has 0 saturated heterocycles. The number of hydrogen-bond acceptors (Lipinski definition) is 3. The number of fused-ring (bicyclic) bond motifs is 1. The van der Waals surface area contributed by atoms with Gasteiger partial charge in [-0.05, 0) is 30.3 Å². The maximum Gasteiger partial charge on any atom is 0.361 e. The van der Waals surface area contributed by atoms with E-state index in [0.29, 0.717) is 5.76 Å². The monoisotopic (exact) mass is 282 g/mol. The van der Waals surface area contributed by atoms with E-state index in [1.165, 1.54) is 12.1 Å². The van der Waals surface area contributed by atoms with Crippen LogP contribution in [0.15, 0.2) is 59.0 Å². The highest BCUT2D eigenvalue weighted by Crippen LogP contribution is 2.28. The van der Waals surface area contributed by atoms with Gasteiger partial charge in [0.25, 0.3) is 5.69 Å². The summed E-state index contributed by atoms with van der Waals surface area (Å²) in [5.74, 6) is 1.42. The largest absolute Gasteiger partial charge is 0.497 e. The average molecular weight is 282 g/mol. The Morgan fingerprint density at radius 2 is 1.81 bits per heavy atom. The fourth-order valence-corrected chi connectivity index (χ4v) is 2.10. The molecular formula is C16H12NO4+. The molecule has 0 radical (unpaired) electrons. The normalized spacial score (nSPS) is 10.5. The van der Waals surface area contributed by atoms with E-state index >= 15 is 0 Å². The summed E-state index contributed by atoms with van der Waals surface area (Å²) in [6.07, 6.45) is 0. The standard InChI is InChI=1S/C16H12NO4/c1-20-14-7-9-16-12(10-14)4-8-15(21-16)11-2-5-13(6-3-11)17(18)19/h2-10H,1H3/q+1. The molecule has 0 saturated carbocycles. The van der Waals surface area contributed by atoms with Crippen molar-refractivity contribution >= 4 is 16.7 Å². The van der Waals surface area contributed by atoms with Gasteiger partial charge in [-0.2, -0.15) is 0 Å². The Bertz CT molecular complexity index is 812. The minimum Gasteiger partial charge on any atom is -0.497 e. The lowest BCUT2D eigenvalue weighted by Gasteiger charge is -1.98. The third-order valence-electron chi connectivity index (χ3n) is 3.21. The molecule has 0 amide bonds. The summed E-state index contributed by atoms with van der Waals surface area (Å²) in [5.41, 5.74) is 1.58. The molecule has 1 aromatic heterocycles. The Morgan fingerprint density at radius 3 is 2.48 bits per heavy atom. The van der Waals surface area contributed by atoms with Gasteiger partial charge >= 0.3 is 11.3 Å². The van der Waals surface area contributed by atoms with Crippen LogP contribution in [-0.2, 0) is 0 Å². The molecule has 0 bridgehead atoms. The molecule has 0 atom stereocenters. The second kappa shape index (κ2) is 5.20. The first-order valence-corrected chi connectivity index (χ1v) is 6.33. The van der Waals surface area contributed by atoms with Crippen LogP contribution >= 0.6 is 0 Å². The predicted octanol–water partition coefficient (Wildman–Crippen LogP) is 4.30. The number of nitro benzene ring substituents is 1. The van der Waals surface area contributed by atoms with E-state index in [1.54, 1.807) is 19.2 Å². The van der Waals surface area contributed by atoms with Crippen LogP contribution in [0, 0.1) is 10.1 Å². The summed E-state index contributed by atoms with van der Waals surface area (Å²) in [4.78, 5) is 10.2. The molecular weight excluding hydrogens is 270 g/mol. The van der Waals surface area contributed by atoms with Crippen LogP contribution in [0.25, 0.3) is 22.3 Å². The Balaban J connectivity index is 2.02. The van der Waals surface area contributed by atoms with Crippen molar-refractivity contribution in [2.45, 2.75) is 0 Å². The van der Waals surface area contributed by atoms with Gasteiger partial charge in [-0.1, -0.05) is 0 Å². The molecule has 0 fully saturated rings. The minimum atomic E-state index is -0.423. The number of hydrogen-bond donors (Lipinski definition) is 0. The van der Waals surface area contributed by atoms with Crippen LogP contribution in [0.3, 0.4) is 0 Å². The lowest BCUT2D eigenvalue weighted by Crippen LogP contribution is -1.87. The number of non-ortho nitro benzene ring substituents is 1. The summed E-state index contributed by atoms with van der Waals surface area (Å²) < 4.78 is 11.0. The van der Waals surface area contributed by atoms with Crippen molar-refractivity contribution in [3.05, 3.63) is 64.7 Å². The van der Waals surface area contributed by atoms with E-state index < -0.39 is 4.92 Å². The van der Waals surface area contributed by atoms with Crippen LogP contribution in [-0.4, -0.2) is 12.0 Å². The van der Waals surface area contributed by atoms with Crippen LogP contribution < -0.4 is 4.74 Å². The van der Waals surface area contributed by atoms with E-state index in [0.717, 1.165) is 22.3 Å². The van der Waals surface area contributed by atoms with E-state index in [9.17, 15) is 10.1 Å². The van der Waals surface area contributed by atoms with Crippen molar-refractivity contribution in [1.29, 1.82) is 0 Å². The summed E-state index contributed by atoms with van der Waals surface area (Å²) in [7, 11) is 1.61. The molecule has 0 aliphatic heterocycles. The van der Waals surface area contributed by atoms with Crippen molar-refractivity contribution in [2.75, 3.05) is 7.11 Å². The highest BCUT2D eigenvalue weighted by Gasteiger charge is 2.16. The van der Waals surface area contributed by atoms with E-state index in [2.05, 4.69) is 0 Å². The van der Waals surface area contributed by atoms with Gasteiger partial charge in [-0.3, -0.25) is 10.1 Å². The first kappa shape index (κ1) is 13.1. The van der Waals surface area contributed by atoms with Crippen molar-refractivity contribution in [3.63, 3.8) is 0 Å². The van der Waals surface area contributed by atoms with Gasteiger partial charge in [0.1, 0.15) is 5.75 Å². The number of rotatable bonds is 3. The van der Waals surface area contributed by atoms with Crippen LogP contribution in [0.5, 0.6) is 5.75 Å².